The third-order valence-corrected chi connectivity index (χ3v) is 16.4. The molecule has 0 bridgehead atoms. The number of Topliss-reactive ketones (excluding diaryl/α,β-unsaturated/α-hetero) is 2. The normalized spacial score (nSPS) is 40.5. The fourth-order valence-corrected chi connectivity index (χ4v) is 13.7. The molecule has 5 saturated carbocycles. The molecule has 6 aliphatic rings. The van der Waals surface area contributed by atoms with Crippen molar-refractivity contribution < 1.29 is 100 Å². The second kappa shape index (κ2) is 21.2. The van der Waals surface area contributed by atoms with Crippen LogP contribution in [0, 0.1) is 46.3 Å². The zero-order valence-corrected chi connectivity index (χ0v) is 42.7. The third-order valence-electron chi connectivity index (χ3n) is 16.4. The van der Waals surface area contributed by atoms with Gasteiger partial charge >= 0.3 is 47.8 Å². The van der Waals surface area contributed by atoms with E-state index in [1.807, 2.05) is 6.92 Å². The van der Waals surface area contributed by atoms with E-state index in [0.29, 0.717) is 38.5 Å². The van der Waals surface area contributed by atoms with Gasteiger partial charge in [-0.05, 0) is 93.8 Å². The van der Waals surface area contributed by atoms with Gasteiger partial charge in [0.15, 0.2) is 48.5 Å². The van der Waals surface area contributed by atoms with Crippen LogP contribution in [0.3, 0.4) is 0 Å². The number of ether oxygens (including phenoxy) is 11. The van der Waals surface area contributed by atoms with Gasteiger partial charge in [0.2, 0.25) is 5.79 Å². The highest BCUT2D eigenvalue weighted by molar-refractivity contribution is 5.88. The summed E-state index contributed by atoms with van der Waals surface area (Å²) in [6, 6.07) is 0. The number of hydrogen-bond donors (Lipinski definition) is 0. The number of carbonyl (C=O) groups is 10. The summed E-state index contributed by atoms with van der Waals surface area (Å²) in [5, 5.41) is 0. The molecular weight excluding hydrogens is 937 g/mol. The predicted molar refractivity (Wildman–Crippen MR) is 239 cm³/mol. The van der Waals surface area contributed by atoms with Crippen LogP contribution in [-0.2, 0) is 100 Å². The van der Waals surface area contributed by atoms with E-state index < -0.39 is 137 Å². The Labute approximate surface area is 412 Å². The van der Waals surface area contributed by atoms with E-state index in [9.17, 15) is 47.9 Å². The van der Waals surface area contributed by atoms with Crippen molar-refractivity contribution in [2.75, 3.05) is 20.8 Å². The average molecular weight is 1010 g/mol. The lowest BCUT2D eigenvalue weighted by atomic mass is 9.44. The molecule has 0 aromatic heterocycles. The Balaban J connectivity index is 1.19. The summed E-state index contributed by atoms with van der Waals surface area (Å²) in [7, 11) is 2.25. The monoisotopic (exact) mass is 1010 g/mol. The second-order valence-corrected chi connectivity index (χ2v) is 21.2. The van der Waals surface area contributed by atoms with Gasteiger partial charge in [-0.1, -0.05) is 13.8 Å². The number of hydrogen-bond acceptors (Lipinski definition) is 21. The van der Waals surface area contributed by atoms with Gasteiger partial charge in [-0.25, -0.2) is 4.79 Å². The Bertz CT molecular complexity index is 2140. The minimum Gasteiger partial charge on any atom is -0.469 e. The van der Waals surface area contributed by atoms with E-state index >= 15 is 0 Å². The number of esters is 8. The summed E-state index contributed by atoms with van der Waals surface area (Å²) in [6.07, 6.45) is -6.74. The molecule has 21 nitrogen and oxygen atoms in total. The molecule has 21 heteroatoms. The van der Waals surface area contributed by atoms with Gasteiger partial charge in [-0.3, -0.25) is 43.2 Å². The molecule has 1 aliphatic heterocycles. The number of methoxy groups -OCH3 is 2. The van der Waals surface area contributed by atoms with E-state index in [1.54, 1.807) is 6.92 Å². The molecule has 7 unspecified atom stereocenters. The van der Waals surface area contributed by atoms with E-state index in [0.717, 1.165) is 48.1 Å². The van der Waals surface area contributed by atoms with Gasteiger partial charge in [0.1, 0.15) is 23.9 Å². The number of fused-ring (bicyclic) bond motifs is 5. The van der Waals surface area contributed by atoms with E-state index in [1.165, 1.54) is 21.0 Å². The molecule has 396 valence electrons. The van der Waals surface area contributed by atoms with Crippen molar-refractivity contribution >= 4 is 59.3 Å². The van der Waals surface area contributed by atoms with Gasteiger partial charge in [0.05, 0.1) is 20.3 Å². The van der Waals surface area contributed by atoms with Crippen molar-refractivity contribution in [1.82, 2.24) is 0 Å². The first-order chi connectivity index (χ1) is 33.1. The van der Waals surface area contributed by atoms with Crippen LogP contribution in [0.1, 0.15) is 127 Å². The summed E-state index contributed by atoms with van der Waals surface area (Å²) < 4.78 is 62.6. The van der Waals surface area contributed by atoms with Crippen LogP contribution in [0.4, 0.5) is 0 Å². The van der Waals surface area contributed by atoms with Crippen LogP contribution in [0.15, 0.2) is 0 Å². The van der Waals surface area contributed by atoms with E-state index in [2.05, 4.69) is 6.92 Å². The maximum absolute atomic E-state index is 14.8. The lowest BCUT2D eigenvalue weighted by Gasteiger charge is -2.60. The fraction of sp³-hybridized carbons (Fsp3) is 0.800. The summed E-state index contributed by atoms with van der Waals surface area (Å²) in [5.74, 6) is -11.0. The van der Waals surface area contributed by atoms with Crippen LogP contribution in [0.25, 0.3) is 0 Å². The van der Waals surface area contributed by atoms with Crippen molar-refractivity contribution in [1.29, 1.82) is 0 Å². The third kappa shape index (κ3) is 11.0. The largest absolute Gasteiger partial charge is 0.469 e. The van der Waals surface area contributed by atoms with E-state index in [4.69, 9.17) is 52.1 Å². The molecule has 0 aromatic carbocycles. The Morgan fingerprint density at radius 3 is 1.70 bits per heavy atom. The fourth-order valence-electron chi connectivity index (χ4n) is 13.7. The number of carbonyl (C=O) groups excluding carboxylic acids is 10. The highest BCUT2D eigenvalue weighted by Gasteiger charge is 2.66. The standard InChI is InChI=1S/C50H70O21/c1-23(51)64-38-32(45(59)61-11)20-49(9,43(68-27(5)55)40(38)66-25(3)53)70-30-17-18-47(7)29(19-30)13-14-31-33-15-16-34(48(33,8)21-35(57)37(31)47)36(58)22-63-50(10)44(69-28(6)56)41(67-26(4)54)39(65-24(2)52)42(71-50)46(60)62-12/h29-34,37-44H,13-22H2,1-12H3/t29?,30-,31?,32+,33?,34?,37?,38-,39+,40+,41+,42+,43-,44-,47?,48?,49-,50-/m1/s1. The molecule has 0 spiro atoms. The highest BCUT2D eigenvalue weighted by atomic mass is 16.8. The molecule has 0 radical (unpaired) electrons. The second-order valence-electron chi connectivity index (χ2n) is 21.2. The summed E-state index contributed by atoms with van der Waals surface area (Å²) in [6.45, 7) is 13.2. The Morgan fingerprint density at radius 2 is 1.14 bits per heavy atom. The van der Waals surface area contributed by atoms with Crippen LogP contribution >= 0.6 is 0 Å². The molecule has 18 atom stereocenters. The smallest absolute Gasteiger partial charge is 0.339 e. The Kier molecular flexibility index (Phi) is 16.5. The zero-order valence-electron chi connectivity index (χ0n) is 42.7. The quantitative estimate of drug-likeness (QED) is 0.177. The van der Waals surface area contributed by atoms with E-state index in [-0.39, 0.29) is 48.1 Å². The van der Waals surface area contributed by atoms with Gasteiger partial charge in [-0.15, -0.1) is 0 Å². The first-order valence-corrected chi connectivity index (χ1v) is 24.4. The molecule has 0 N–H and O–H groups in total. The highest BCUT2D eigenvalue weighted by Crippen LogP contribution is 2.67. The molecule has 5 aliphatic carbocycles. The molecule has 71 heavy (non-hydrogen) atoms. The maximum atomic E-state index is 14.8. The lowest BCUT2D eigenvalue weighted by Crippen LogP contribution is -2.68. The minimum absolute atomic E-state index is 0.00650. The Morgan fingerprint density at radius 1 is 0.606 bits per heavy atom. The van der Waals surface area contributed by atoms with Crippen LogP contribution in [-0.4, -0.2) is 140 Å². The first kappa shape index (κ1) is 55.3. The van der Waals surface area contributed by atoms with Gasteiger partial charge in [-0.2, -0.15) is 0 Å². The number of rotatable bonds is 14. The Hall–Kier alpha value is -5.02. The van der Waals surface area contributed by atoms with Crippen molar-refractivity contribution in [3.05, 3.63) is 0 Å². The molecule has 6 rings (SSSR count). The number of ketones is 2. The van der Waals surface area contributed by atoms with Crippen LogP contribution in [0.5, 0.6) is 0 Å². The van der Waals surface area contributed by atoms with Gasteiger partial charge in [0.25, 0.3) is 0 Å². The molecule has 0 amide bonds. The van der Waals surface area contributed by atoms with Crippen molar-refractivity contribution in [2.45, 2.75) is 187 Å². The SMILES string of the molecule is COC(=O)[C@H]1C[C@@](C)(O[C@@H]2CCC3(C)C(CCC4C5CCC(C(=O)CO[C@]6(C)O[C@H](C(=O)OC)[C@@H](OC(C)=O)[C@H](OC(C)=O)[C@H]6OC(C)=O)C5(C)CC(=O)C43)C2)[C@H](OC(C)=O)[C@@H](OC(C)=O)[C@@H]1OC(C)=O. The molecule has 6 fully saturated rings. The molecular formula is C50H70O21. The summed E-state index contributed by atoms with van der Waals surface area (Å²) in [5.41, 5.74) is -2.58. The van der Waals surface area contributed by atoms with Gasteiger partial charge < -0.3 is 52.1 Å². The average Bonchev–Trinajstić information content (AvgIpc) is 3.62. The van der Waals surface area contributed by atoms with Crippen molar-refractivity contribution in [3.63, 3.8) is 0 Å². The van der Waals surface area contributed by atoms with Crippen LogP contribution < -0.4 is 0 Å². The van der Waals surface area contributed by atoms with Gasteiger partial charge in [0, 0.05) is 59.8 Å². The molecule has 1 saturated heterocycles. The maximum Gasteiger partial charge on any atom is 0.339 e. The van der Waals surface area contributed by atoms with Crippen molar-refractivity contribution in [3.8, 4) is 0 Å². The molecule has 0 aromatic rings. The van der Waals surface area contributed by atoms with Crippen LogP contribution in [0.2, 0.25) is 0 Å². The first-order valence-electron chi connectivity index (χ1n) is 24.4. The lowest BCUT2D eigenvalue weighted by molar-refractivity contribution is -0.349. The molecule has 1 heterocycles. The van der Waals surface area contributed by atoms with Crippen molar-refractivity contribution in [2.24, 2.45) is 46.3 Å². The predicted octanol–water partition coefficient (Wildman–Crippen LogP) is 3.63. The summed E-state index contributed by atoms with van der Waals surface area (Å²) in [4.78, 5) is 130. The zero-order chi connectivity index (χ0) is 52.7. The summed E-state index contributed by atoms with van der Waals surface area (Å²) >= 11 is 0. The minimum atomic E-state index is -2.12. The topological polar surface area (TPSA) is 272 Å².